The summed E-state index contributed by atoms with van der Waals surface area (Å²) in [6.07, 6.45) is 8.51. The zero-order valence-corrected chi connectivity index (χ0v) is 10.2. The van der Waals surface area contributed by atoms with E-state index in [0.29, 0.717) is 12.5 Å². The van der Waals surface area contributed by atoms with Crippen LogP contribution in [0.5, 0.6) is 0 Å². The van der Waals surface area contributed by atoms with Crippen LogP contribution in [0.4, 0.5) is 0 Å². The zero-order chi connectivity index (χ0) is 11.8. The lowest BCUT2D eigenvalue weighted by atomic mass is 9.95. The maximum atomic E-state index is 12.1. The van der Waals surface area contributed by atoms with Crippen LogP contribution in [0.25, 0.3) is 0 Å². The summed E-state index contributed by atoms with van der Waals surface area (Å²) in [6.45, 7) is 0. The Balaban J connectivity index is 1.60. The van der Waals surface area contributed by atoms with Crippen molar-refractivity contribution >= 4 is 11.8 Å². The van der Waals surface area contributed by atoms with E-state index in [1.807, 2.05) is 0 Å². The second-order valence-corrected chi connectivity index (χ2v) is 5.59. The minimum atomic E-state index is -0.230. The van der Waals surface area contributed by atoms with Gasteiger partial charge in [-0.05, 0) is 25.7 Å². The normalized spacial score (nSPS) is 31.3. The van der Waals surface area contributed by atoms with Gasteiger partial charge in [0, 0.05) is 12.1 Å². The molecule has 0 aromatic rings. The van der Waals surface area contributed by atoms with Crippen LogP contribution < -0.4 is 5.32 Å². The number of hydrogen-bond acceptors (Lipinski definition) is 3. The molecular formula is C13H20N2O2. The molecule has 3 fully saturated rings. The Bertz CT molecular complexity index is 332. The van der Waals surface area contributed by atoms with Gasteiger partial charge in [0.2, 0.25) is 11.8 Å². The number of hydrogen-bond donors (Lipinski definition) is 1. The summed E-state index contributed by atoms with van der Waals surface area (Å²) in [4.78, 5) is 25.4. The molecule has 1 N–H and O–H groups in total. The van der Waals surface area contributed by atoms with Gasteiger partial charge in [0.05, 0.1) is 12.5 Å². The second-order valence-electron chi connectivity index (χ2n) is 5.59. The van der Waals surface area contributed by atoms with Crippen molar-refractivity contribution in [2.45, 2.75) is 69.5 Å². The molecule has 0 aromatic heterocycles. The van der Waals surface area contributed by atoms with Crippen LogP contribution in [0.3, 0.4) is 0 Å². The van der Waals surface area contributed by atoms with Crippen molar-refractivity contribution in [1.29, 1.82) is 0 Å². The Morgan fingerprint density at radius 3 is 2.35 bits per heavy atom. The first-order valence-electron chi connectivity index (χ1n) is 6.87. The molecule has 0 aromatic carbocycles. The molecule has 2 saturated carbocycles. The van der Waals surface area contributed by atoms with Crippen molar-refractivity contribution in [2.75, 3.05) is 0 Å². The Labute approximate surface area is 102 Å². The number of likely N-dealkylation sites (tertiary alicyclic amines) is 1. The molecule has 3 aliphatic rings. The van der Waals surface area contributed by atoms with Gasteiger partial charge in [-0.25, -0.2) is 0 Å². The van der Waals surface area contributed by atoms with Crippen molar-refractivity contribution in [1.82, 2.24) is 10.2 Å². The monoisotopic (exact) mass is 236 g/mol. The minimum Gasteiger partial charge on any atom is -0.303 e. The fraction of sp³-hybridized carbons (Fsp3) is 0.846. The number of rotatable bonds is 3. The molecule has 3 rings (SSSR count). The molecule has 4 heteroatoms. The third kappa shape index (κ3) is 2.23. The molecule has 17 heavy (non-hydrogen) atoms. The summed E-state index contributed by atoms with van der Waals surface area (Å²) in [5.41, 5.74) is 0. The first-order chi connectivity index (χ1) is 8.25. The third-order valence-electron chi connectivity index (χ3n) is 4.14. The van der Waals surface area contributed by atoms with E-state index in [0.717, 1.165) is 25.7 Å². The first kappa shape index (κ1) is 11.2. The molecule has 1 atom stereocenters. The number of nitrogens with one attached hydrogen (secondary N) is 1. The van der Waals surface area contributed by atoms with Crippen LogP contribution in [0.1, 0.15) is 51.4 Å². The quantitative estimate of drug-likeness (QED) is 0.749. The predicted octanol–water partition coefficient (Wildman–Crippen LogP) is 1.20. The molecule has 1 aliphatic heterocycles. The number of carbonyl (C=O) groups excluding carboxylic acids is 2. The fourth-order valence-electron chi connectivity index (χ4n) is 3.05. The van der Waals surface area contributed by atoms with E-state index >= 15 is 0 Å². The van der Waals surface area contributed by atoms with E-state index in [1.54, 1.807) is 0 Å². The summed E-state index contributed by atoms with van der Waals surface area (Å²) < 4.78 is 0. The molecule has 1 heterocycles. The summed E-state index contributed by atoms with van der Waals surface area (Å²) in [5, 5.41) is 3.40. The van der Waals surface area contributed by atoms with Crippen LogP contribution in [-0.4, -0.2) is 34.8 Å². The lowest BCUT2D eigenvalue weighted by molar-refractivity contribution is -0.139. The van der Waals surface area contributed by atoms with E-state index < -0.39 is 0 Å². The van der Waals surface area contributed by atoms with E-state index in [4.69, 9.17) is 0 Å². The van der Waals surface area contributed by atoms with Gasteiger partial charge in [0.1, 0.15) is 0 Å². The van der Waals surface area contributed by atoms with Gasteiger partial charge in [-0.2, -0.15) is 0 Å². The van der Waals surface area contributed by atoms with Crippen molar-refractivity contribution in [3.8, 4) is 0 Å². The summed E-state index contributed by atoms with van der Waals surface area (Å²) in [6, 6.07) is 0.448. The topological polar surface area (TPSA) is 49.4 Å². The van der Waals surface area contributed by atoms with Crippen LogP contribution in [0.15, 0.2) is 0 Å². The fourth-order valence-corrected chi connectivity index (χ4v) is 3.05. The first-order valence-corrected chi connectivity index (χ1v) is 6.87. The number of nitrogens with zero attached hydrogens (tertiary/aromatic N) is 1. The Hall–Kier alpha value is -0.900. The number of amides is 2. The van der Waals surface area contributed by atoms with Gasteiger partial charge in [0.15, 0.2) is 0 Å². The maximum Gasteiger partial charge on any atom is 0.247 e. The molecular weight excluding hydrogens is 216 g/mol. The van der Waals surface area contributed by atoms with Gasteiger partial charge >= 0.3 is 0 Å². The van der Waals surface area contributed by atoms with Crippen LogP contribution in [0, 0.1) is 0 Å². The van der Waals surface area contributed by atoms with Crippen LogP contribution in [0.2, 0.25) is 0 Å². The Kier molecular flexibility index (Phi) is 2.90. The SMILES string of the molecule is O=C1CC(NC2CCCCC2)C(=O)N1C1CC1. The molecule has 0 radical (unpaired) electrons. The molecule has 0 spiro atoms. The number of imide groups is 1. The van der Waals surface area contributed by atoms with Crippen LogP contribution in [-0.2, 0) is 9.59 Å². The summed E-state index contributed by atoms with van der Waals surface area (Å²) in [7, 11) is 0. The molecule has 1 saturated heterocycles. The second kappa shape index (κ2) is 4.41. The summed E-state index contributed by atoms with van der Waals surface area (Å²) >= 11 is 0. The van der Waals surface area contributed by atoms with Gasteiger partial charge in [-0.15, -0.1) is 0 Å². The predicted molar refractivity (Wildman–Crippen MR) is 63.3 cm³/mol. The highest BCUT2D eigenvalue weighted by Gasteiger charge is 2.46. The third-order valence-corrected chi connectivity index (χ3v) is 4.14. The molecule has 94 valence electrons. The highest BCUT2D eigenvalue weighted by Crippen LogP contribution is 2.32. The van der Waals surface area contributed by atoms with E-state index in [1.165, 1.54) is 24.2 Å². The van der Waals surface area contributed by atoms with Gasteiger partial charge < -0.3 is 5.32 Å². The molecule has 2 amide bonds. The van der Waals surface area contributed by atoms with Crippen molar-refractivity contribution in [2.24, 2.45) is 0 Å². The maximum absolute atomic E-state index is 12.1. The molecule has 1 unspecified atom stereocenters. The summed E-state index contributed by atoms with van der Waals surface area (Å²) in [5.74, 6) is 0.0638. The van der Waals surface area contributed by atoms with Crippen molar-refractivity contribution < 1.29 is 9.59 Å². The van der Waals surface area contributed by atoms with E-state index in [9.17, 15) is 9.59 Å². The number of carbonyl (C=O) groups is 2. The Morgan fingerprint density at radius 2 is 1.71 bits per heavy atom. The van der Waals surface area contributed by atoms with Gasteiger partial charge in [-0.1, -0.05) is 19.3 Å². The average molecular weight is 236 g/mol. The van der Waals surface area contributed by atoms with E-state index in [2.05, 4.69) is 5.32 Å². The Morgan fingerprint density at radius 1 is 1.00 bits per heavy atom. The average Bonchev–Trinajstić information content (AvgIpc) is 3.10. The highest BCUT2D eigenvalue weighted by atomic mass is 16.2. The lowest BCUT2D eigenvalue weighted by Gasteiger charge is -2.25. The van der Waals surface area contributed by atoms with Gasteiger partial charge in [-0.3, -0.25) is 14.5 Å². The molecule has 2 aliphatic carbocycles. The van der Waals surface area contributed by atoms with E-state index in [-0.39, 0.29) is 23.9 Å². The van der Waals surface area contributed by atoms with Crippen molar-refractivity contribution in [3.63, 3.8) is 0 Å². The molecule has 0 bridgehead atoms. The largest absolute Gasteiger partial charge is 0.303 e. The highest BCUT2D eigenvalue weighted by molar-refractivity contribution is 6.06. The molecule has 4 nitrogen and oxygen atoms in total. The zero-order valence-electron chi connectivity index (χ0n) is 10.2. The smallest absolute Gasteiger partial charge is 0.247 e. The van der Waals surface area contributed by atoms with Gasteiger partial charge in [0.25, 0.3) is 0 Å². The van der Waals surface area contributed by atoms with Crippen molar-refractivity contribution in [3.05, 3.63) is 0 Å². The minimum absolute atomic E-state index is 0.0306. The lowest BCUT2D eigenvalue weighted by Crippen LogP contribution is -2.44. The standard InChI is InChI=1S/C13H20N2O2/c16-12-8-11(13(17)15(12)10-6-7-10)14-9-4-2-1-3-5-9/h9-11,14H,1-8H2. The van der Waals surface area contributed by atoms with Crippen LogP contribution >= 0.6 is 0 Å².